The van der Waals surface area contributed by atoms with Crippen molar-refractivity contribution in [3.63, 3.8) is 0 Å². The van der Waals surface area contributed by atoms with Gasteiger partial charge in [-0.3, -0.25) is 4.79 Å². The average Bonchev–Trinajstić information content (AvgIpc) is 2.94. The van der Waals surface area contributed by atoms with Gasteiger partial charge < -0.3 is 20.2 Å². The summed E-state index contributed by atoms with van der Waals surface area (Å²) >= 11 is 0. The summed E-state index contributed by atoms with van der Waals surface area (Å²) < 4.78 is 0. The summed E-state index contributed by atoms with van der Waals surface area (Å²) in [5.74, 6) is -0.605. The van der Waals surface area contributed by atoms with Gasteiger partial charge in [0.25, 0.3) is 0 Å². The highest BCUT2D eigenvalue weighted by Gasteiger charge is 2.22. The first-order valence-electron chi connectivity index (χ1n) is 7.92. The van der Waals surface area contributed by atoms with Crippen LogP contribution in [0, 0.1) is 5.92 Å². The van der Waals surface area contributed by atoms with Crippen LogP contribution in [0.2, 0.25) is 0 Å². The summed E-state index contributed by atoms with van der Waals surface area (Å²) in [7, 11) is 0. The molecule has 2 atom stereocenters. The Labute approximate surface area is 127 Å². The molecule has 0 bridgehead atoms. The molecule has 0 aromatic rings. The molecule has 1 fully saturated rings. The number of hydrogen-bond donors (Lipinski definition) is 2. The van der Waals surface area contributed by atoms with Crippen LogP contribution in [0.5, 0.6) is 0 Å². The van der Waals surface area contributed by atoms with Crippen LogP contribution >= 0.6 is 0 Å². The lowest BCUT2D eigenvalue weighted by atomic mass is 10.1. The van der Waals surface area contributed by atoms with Crippen molar-refractivity contribution < 1.29 is 14.7 Å². The maximum atomic E-state index is 12.2. The zero-order chi connectivity index (χ0) is 15.8. The summed E-state index contributed by atoms with van der Waals surface area (Å²) in [5.41, 5.74) is 0. The van der Waals surface area contributed by atoms with Gasteiger partial charge in [-0.25, -0.2) is 4.79 Å². The zero-order valence-electron chi connectivity index (χ0n) is 13.5. The van der Waals surface area contributed by atoms with Crippen LogP contribution < -0.4 is 5.32 Å². The highest BCUT2D eigenvalue weighted by Crippen LogP contribution is 2.10. The molecule has 0 aliphatic carbocycles. The van der Waals surface area contributed by atoms with Crippen molar-refractivity contribution in [3.05, 3.63) is 0 Å². The Morgan fingerprint density at radius 1 is 1.29 bits per heavy atom. The smallest absolute Gasteiger partial charge is 0.323 e. The van der Waals surface area contributed by atoms with E-state index in [9.17, 15) is 9.59 Å². The van der Waals surface area contributed by atoms with Gasteiger partial charge in [0.15, 0.2) is 0 Å². The normalized spacial score (nSPS) is 18.2. The molecule has 6 nitrogen and oxygen atoms in total. The summed E-state index contributed by atoms with van der Waals surface area (Å²) in [5, 5.41) is 11.8. The number of carbonyl (C=O) groups excluding carboxylic acids is 1. The zero-order valence-corrected chi connectivity index (χ0v) is 13.5. The largest absolute Gasteiger partial charge is 0.480 e. The van der Waals surface area contributed by atoms with E-state index in [1.165, 1.54) is 17.7 Å². The lowest BCUT2D eigenvalue weighted by Gasteiger charge is -2.28. The Morgan fingerprint density at radius 3 is 2.43 bits per heavy atom. The maximum absolute atomic E-state index is 12.2. The molecule has 2 unspecified atom stereocenters. The fourth-order valence-corrected chi connectivity index (χ4v) is 2.63. The standard InChI is InChI=1S/C15H29N3O3/c1-4-13(3)18(11-14(19)20)15(21)16-9-12(2)10-17-7-5-6-8-17/h12-13H,4-11H2,1-3H3,(H,16,21)(H,19,20). The van der Waals surface area contributed by atoms with Gasteiger partial charge in [0.1, 0.15) is 6.54 Å². The number of hydrogen-bond acceptors (Lipinski definition) is 3. The van der Waals surface area contributed by atoms with Crippen molar-refractivity contribution in [1.82, 2.24) is 15.1 Å². The molecule has 2 N–H and O–H groups in total. The second kappa shape index (κ2) is 8.87. The Balaban J connectivity index is 2.39. The van der Waals surface area contributed by atoms with Crippen molar-refractivity contribution in [2.24, 2.45) is 5.92 Å². The number of nitrogens with one attached hydrogen (secondary N) is 1. The molecule has 0 aromatic carbocycles. The number of rotatable bonds is 8. The van der Waals surface area contributed by atoms with Crippen LogP contribution in [-0.2, 0) is 4.79 Å². The minimum absolute atomic E-state index is 0.0741. The molecular weight excluding hydrogens is 270 g/mol. The topological polar surface area (TPSA) is 72.9 Å². The molecular formula is C15H29N3O3. The molecule has 0 saturated carbocycles. The number of aliphatic carboxylic acids is 1. The molecule has 21 heavy (non-hydrogen) atoms. The van der Waals surface area contributed by atoms with E-state index in [4.69, 9.17) is 5.11 Å². The first-order chi connectivity index (χ1) is 9.93. The van der Waals surface area contributed by atoms with Crippen LogP contribution in [0.1, 0.15) is 40.0 Å². The molecule has 0 aromatic heterocycles. The average molecular weight is 299 g/mol. The van der Waals surface area contributed by atoms with Gasteiger partial charge in [0.2, 0.25) is 0 Å². The predicted molar refractivity (Wildman–Crippen MR) is 82.3 cm³/mol. The predicted octanol–water partition coefficient (Wildman–Crippen LogP) is 1.61. The lowest BCUT2D eigenvalue weighted by Crippen LogP contribution is -2.48. The van der Waals surface area contributed by atoms with E-state index < -0.39 is 5.97 Å². The third-order valence-corrected chi connectivity index (χ3v) is 4.06. The monoisotopic (exact) mass is 299 g/mol. The van der Waals surface area contributed by atoms with E-state index in [2.05, 4.69) is 17.1 Å². The Hall–Kier alpha value is -1.30. The Bertz CT molecular complexity index is 343. The fraction of sp³-hybridized carbons (Fsp3) is 0.867. The van der Waals surface area contributed by atoms with Crippen molar-refractivity contribution in [2.45, 2.75) is 46.1 Å². The van der Waals surface area contributed by atoms with Crippen molar-refractivity contribution in [3.8, 4) is 0 Å². The molecule has 0 spiro atoms. The van der Waals surface area contributed by atoms with Crippen LogP contribution in [0.4, 0.5) is 4.79 Å². The molecule has 6 heteroatoms. The molecule has 1 saturated heterocycles. The van der Waals surface area contributed by atoms with Gasteiger partial charge in [-0.1, -0.05) is 13.8 Å². The van der Waals surface area contributed by atoms with Crippen molar-refractivity contribution >= 4 is 12.0 Å². The van der Waals surface area contributed by atoms with E-state index in [1.807, 2.05) is 13.8 Å². The number of carboxylic acids is 1. The number of urea groups is 1. The molecule has 1 aliphatic rings. The summed E-state index contributed by atoms with van der Waals surface area (Å²) in [6, 6.07) is -0.352. The molecule has 2 amide bonds. The second-order valence-electron chi connectivity index (χ2n) is 6.08. The van der Waals surface area contributed by atoms with Crippen LogP contribution in [0.25, 0.3) is 0 Å². The van der Waals surface area contributed by atoms with Gasteiger partial charge >= 0.3 is 12.0 Å². The summed E-state index contributed by atoms with van der Waals surface area (Å²) in [6.07, 6.45) is 3.27. The van der Waals surface area contributed by atoms with Crippen LogP contribution in [-0.4, -0.2) is 65.7 Å². The first-order valence-corrected chi connectivity index (χ1v) is 7.92. The molecule has 0 radical (unpaired) electrons. The highest BCUT2D eigenvalue weighted by molar-refractivity contribution is 5.80. The Kier molecular flexibility index (Phi) is 7.50. The molecule has 1 heterocycles. The van der Waals surface area contributed by atoms with Gasteiger partial charge in [0, 0.05) is 19.1 Å². The first kappa shape index (κ1) is 17.8. The molecule has 122 valence electrons. The second-order valence-corrected chi connectivity index (χ2v) is 6.08. The van der Waals surface area contributed by atoms with Crippen LogP contribution in [0.15, 0.2) is 0 Å². The number of carbonyl (C=O) groups is 2. The third-order valence-electron chi connectivity index (χ3n) is 4.06. The van der Waals surface area contributed by atoms with Gasteiger partial charge in [-0.2, -0.15) is 0 Å². The van der Waals surface area contributed by atoms with E-state index in [-0.39, 0.29) is 18.6 Å². The number of likely N-dealkylation sites (tertiary alicyclic amines) is 1. The number of nitrogens with zero attached hydrogens (tertiary/aromatic N) is 2. The van der Waals surface area contributed by atoms with Gasteiger partial charge in [-0.05, 0) is 45.2 Å². The van der Waals surface area contributed by atoms with Gasteiger partial charge in [-0.15, -0.1) is 0 Å². The number of amides is 2. The summed E-state index contributed by atoms with van der Waals surface area (Å²) in [6.45, 7) is 9.56. The molecule has 1 rings (SSSR count). The fourth-order valence-electron chi connectivity index (χ4n) is 2.63. The van der Waals surface area contributed by atoms with Crippen molar-refractivity contribution in [1.29, 1.82) is 0 Å². The van der Waals surface area contributed by atoms with E-state index >= 15 is 0 Å². The number of carboxylic acid groups (broad SMARTS) is 1. The quantitative estimate of drug-likeness (QED) is 0.714. The maximum Gasteiger partial charge on any atom is 0.323 e. The van der Waals surface area contributed by atoms with E-state index in [0.717, 1.165) is 26.1 Å². The Morgan fingerprint density at radius 2 is 1.90 bits per heavy atom. The SMILES string of the molecule is CCC(C)N(CC(=O)O)C(=O)NCC(C)CN1CCCC1. The van der Waals surface area contributed by atoms with E-state index in [0.29, 0.717) is 12.5 Å². The van der Waals surface area contributed by atoms with Crippen LogP contribution in [0.3, 0.4) is 0 Å². The minimum Gasteiger partial charge on any atom is -0.480 e. The minimum atomic E-state index is -0.976. The third kappa shape index (κ3) is 6.33. The van der Waals surface area contributed by atoms with Crippen molar-refractivity contribution in [2.75, 3.05) is 32.7 Å². The summed E-state index contributed by atoms with van der Waals surface area (Å²) in [4.78, 5) is 26.8. The lowest BCUT2D eigenvalue weighted by molar-refractivity contribution is -0.138. The highest BCUT2D eigenvalue weighted by atomic mass is 16.4. The molecule has 1 aliphatic heterocycles. The van der Waals surface area contributed by atoms with E-state index in [1.54, 1.807) is 0 Å². The van der Waals surface area contributed by atoms with Gasteiger partial charge in [0.05, 0.1) is 0 Å².